The van der Waals surface area contributed by atoms with Crippen molar-refractivity contribution in [1.82, 2.24) is 4.90 Å². The Bertz CT molecular complexity index is 442. The van der Waals surface area contributed by atoms with Crippen LogP contribution in [0.1, 0.15) is 33.1 Å². The highest BCUT2D eigenvalue weighted by Crippen LogP contribution is 2.17. The van der Waals surface area contributed by atoms with Crippen molar-refractivity contribution in [3.8, 4) is 0 Å². The van der Waals surface area contributed by atoms with E-state index in [1.165, 1.54) is 12.1 Å². The number of hydrogen-bond acceptors (Lipinski definition) is 3. The number of rotatable bonds is 7. The minimum Gasteiger partial charge on any atom is -0.382 e. The average Bonchev–Trinajstić information content (AvgIpc) is 2.53. The van der Waals surface area contributed by atoms with E-state index >= 15 is 0 Å². The van der Waals surface area contributed by atoms with Gasteiger partial charge in [0.25, 0.3) is 0 Å². The maximum atomic E-state index is 12.2. The predicted octanol–water partition coefficient (Wildman–Crippen LogP) is 3.87. The Morgan fingerprint density at radius 1 is 1.27 bits per heavy atom. The minimum atomic E-state index is 0.312. The molecule has 0 unspecified atom stereocenters. The van der Waals surface area contributed by atoms with Crippen molar-refractivity contribution in [1.29, 1.82) is 0 Å². The van der Waals surface area contributed by atoms with Crippen molar-refractivity contribution < 1.29 is 4.79 Å². The molecule has 4 heteroatoms. The Hall–Kier alpha value is -1.16. The van der Waals surface area contributed by atoms with Crippen molar-refractivity contribution >= 4 is 23.4 Å². The van der Waals surface area contributed by atoms with E-state index in [-0.39, 0.29) is 0 Å². The highest BCUT2D eigenvalue weighted by atomic mass is 32.2. The van der Waals surface area contributed by atoms with E-state index in [2.05, 4.69) is 43.4 Å². The molecule has 1 aromatic rings. The molecule has 1 aliphatic heterocycles. The molecule has 1 N–H and O–H groups in total. The Kier molecular flexibility index (Phi) is 7.10. The molecule has 0 bridgehead atoms. The number of carbonyl (C=O) groups excluding carboxylic acids is 1. The summed E-state index contributed by atoms with van der Waals surface area (Å²) in [5, 5.41) is 3.56. The normalized spacial score (nSPS) is 16.0. The van der Waals surface area contributed by atoms with Gasteiger partial charge in [-0.15, -0.1) is 0 Å². The maximum absolute atomic E-state index is 12.2. The van der Waals surface area contributed by atoms with Crippen LogP contribution in [0.5, 0.6) is 0 Å². The number of nitrogens with one attached hydrogen (secondary N) is 1. The highest BCUT2D eigenvalue weighted by molar-refractivity contribution is 7.99. The van der Waals surface area contributed by atoms with Gasteiger partial charge in [-0.3, -0.25) is 4.79 Å². The fourth-order valence-corrected chi connectivity index (χ4v) is 3.75. The second-order valence-corrected chi connectivity index (χ2v) is 7.51. The van der Waals surface area contributed by atoms with Crippen LogP contribution in [0.4, 0.5) is 5.69 Å². The molecule has 0 atom stereocenters. The Morgan fingerprint density at radius 3 is 2.59 bits per heavy atom. The van der Waals surface area contributed by atoms with Crippen molar-refractivity contribution in [3.05, 3.63) is 30.3 Å². The summed E-state index contributed by atoms with van der Waals surface area (Å²) < 4.78 is 0. The quantitative estimate of drug-likeness (QED) is 0.774. The van der Waals surface area contributed by atoms with Gasteiger partial charge in [0.15, 0.2) is 0 Å². The van der Waals surface area contributed by atoms with Crippen LogP contribution < -0.4 is 5.32 Å². The Balaban J connectivity index is 1.65. The number of para-hydroxylation sites is 1. The van der Waals surface area contributed by atoms with E-state index in [0.29, 0.717) is 17.7 Å². The number of likely N-dealkylation sites (tertiary alicyclic amines) is 1. The first-order valence-corrected chi connectivity index (χ1v) is 9.47. The van der Waals surface area contributed by atoms with Gasteiger partial charge in [0.2, 0.25) is 5.91 Å². The summed E-state index contributed by atoms with van der Waals surface area (Å²) in [7, 11) is 0. The summed E-state index contributed by atoms with van der Waals surface area (Å²) in [4.78, 5) is 14.2. The zero-order chi connectivity index (χ0) is 15.8. The summed E-state index contributed by atoms with van der Waals surface area (Å²) >= 11 is 1.78. The van der Waals surface area contributed by atoms with Gasteiger partial charge in [0.1, 0.15) is 0 Å². The molecule has 1 aliphatic rings. The molecule has 1 aromatic carbocycles. The van der Waals surface area contributed by atoms with Crippen LogP contribution in [0.15, 0.2) is 30.3 Å². The van der Waals surface area contributed by atoms with Crippen LogP contribution >= 0.6 is 11.8 Å². The van der Waals surface area contributed by atoms with Gasteiger partial charge in [0, 0.05) is 24.8 Å². The van der Waals surface area contributed by atoms with E-state index in [1.807, 2.05) is 11.0 Å². The lowest BCUT2D eigenvalue weighted by molar-refractivity contribution is -0.129. The molecule has 0 aliphatic carbocycles. The van der Waals surface area contributed by atoms with Crippen LogP contribution in [0, 0.1) is 5.92 Å². The zero-order valence-electron chi connectivity index (χ0n) is 13.8. The third kappa shape index (κ3) is 5.91. The van der Waals surface area contributed by atoms with Gasteiger partial charge < -0.3 is 10.2 Å². The molecule has 1 heterocycles. The topological polar surface area (TPSA) is 32.3 Å². The first kappa shape index (κ1) is 17.2. The van der Waals surface area contributed by atoms with E-state index in [4.69, 9.17) is 0 Å². The fourth-order valence-electron chi connectivity index (χ4n) is 2.61. The molecule has 0 saturated carbocycles. The summed E-state index contributed by atoms with van der Waals surface area (Å²) in [6.45, 7) is 6.22. The molecule has 2 rings (SSSR count). The average molecular weight is 321 g/mol. The first-order chi connectivity index (χ1) is 10.6. The van der Waals surface area contributed by atoms with E-state index in [9.17, 15) is 4.79 Å². The summed E-state index contributed by atoms with van der Waals surface area (Å²) in [6.07, 6.45) is 3.27. The first-order valence-electron chi connectivity index (χ1n) is 8.32. The van der Waals surface area contributed by atoms with Gasteiger partial charge in [-0.05, 0) is 43.1 Å². The van der Waals surface area contributed by atoms with Gasteiger partial charge in [0.05, 0.1) is 5.75 Å². The Labute approximate surface area is 138 Å². The highest BCUT2D eigenvalue weighted by Gasteiger charge is 2.22. The second kappa shape index (κ2) is 9.09. The van der Waals surface area contributed by atoms with Crippen molar-refractivity contribution in [2.75, 3.05) is 29.9 Å². The number of thioether (sulfide) groups is 1. The number of piperidine rings is 1. The molecule has 22 heavy (non-hydrogen) atoms. The van der Waals surface area contributed by atoms with E-state index in [0.717, 1.165) is 37.6 Å². The summed E-state index contributed by atoms with van der Waals surface area (Å²) in [5.74, 6) is 2.77. The van der Waals surface area contributed by atoms with Gasteiger partial charge in [-0.25, -0.2) is 0 Å². The molecule has 0 aromatic heterocycles. The Morgan fingerprint density at radius 2 is 1.95 bits per heavy atom. The van der Waals surface area contributed by atoms with Crippen LogP contribution in [-0.2, 0) is 4.79 Å². The van der Waals surface area contributed by atoms with Crippen LogP contribution in [-0.4, -0.2) is 41.4 Å². The number of amides is 1. The van der Waals surface area contributed by atoms with Crippen LogP contribution in [0.3, 0.4) is 0 Å². The van der Waals surface area contributed by atoms with Crippen LogP contribution in [0.2, 0.25) is 0 Å². The molecule has 0 radical (unpaired) electrons. The van der Waals surface area contributed by atoms with E-state index < -0.39 is 0 Å². The number of anilines is 1. The SMILES string of the molecule is CC(C)CCSCC(=O)N1CCC(Nc2ccccc2)CC1. The van der Waals surface area contributed by atoms with Gasteiger partial charge in [-0.2, -0.15) is 11.8 Å². The van der Waals surface area contributed by atoms with Crippen molar-refractivity contribution in [2.45, 2.75) is 39.2 Å². The molecule has 3 nitrogen and oxygen atoms in total. The number of benzene rings is 1. The molecule has 1 saturated heterocycles. The standard InChI is InChI=1S/C18H28N2OS/c1-15(2)10-13-22-14-18(21)20-11-8-17(9-12-20)19-16-6-4-3-5-7-16/h3-7,15,17,19H,8-14H2,1-2H3. The third-order valence-corrected chi connectivity index (χ3v) is 5.03. The monoisotopic (exact) mass is 320 g/mol. The molecule has 1 fully saturated rings. The fraction of sp³-hybridized carbons (Fsp3) is 0.611. The molecule has 122 valence electrons. The van der Waals surface area contributed by atoms with Crippen molar-refractivity contribution in [2.24, 2.45) is 5.92 Å². The minimum absolute atomic E-state index is 0.312. The summed E-state index contributed by atoms with van der Waals surface area (Å²) in [5.41, 5.74) is 1.18. The van der Waals surface area contributed by atoms with Crippen molar-refractivity contribution in [3.63, 3.8) is 0 Å². The van der Waals surface area contributed by atoms with Crippen LogP contribution in [0.25, 0.3) is 0 Å². The molecular weight excluding hydrogens is 292 g/mol. The van der Waals surface area contributed by atoms with Gasteiger partial charge >= 0.3 is 0 Å². The molecular formula is C18H28N2OS. The lowest BCUT2D eigenvalue weighted by Crippen LogP contribution is -2.43. The smallest absolute Gasteiger partial charge is 0.232 e. The molecule has 0 spiro atoms. The van der Waals surface area contributed by atoms with Gasteiger partial charge in [-0.1, -0.05) is 32.0 Å². The third-order valence-electron chi connectivity index (χ3n) is 4.06. The zero-order valence-corrected chi connectivity index (χ0v) is 14.6. The van der Waals surface area contributed by atoms with E-state index in [1.54, 1.807) is 11.8 Å². The summed E-state index contributed by atoms with van der Waals surface area (Å²) in [6, 6.07) is 10.8. The lowest BCUT2D eigenvalue weighted by atomic mass is 10.0. The largest absolute Gasteiger partial charge is 0.382 e. The lowest BCUT2D eigenvalue weighted by Gasteiger charge is -2.33. The number of carbonyl (C=O) groups is 1. The second-order valence-electron chi connectivity index (χ2n) is 6.40. The number of nitrogens with zero attached hydrogens (tertiary/aromatic N) is 1. The number of hydrogen-bond donors (Lipinski definition) is 1. The predicted molar refractivity (Wildman–Crippen MR) is 96.4 cm³/mol. The maximum Gasteiger partial charge on any atom is 0.232 e. The molecule has 1 amide bonds.